The first kappa shape index (κ1) is 17.5. The molecule has 0 spiro atoms. The summed E-state index contributed by atoms with van der Waals surface area (Å²) in [6.07, 6.45) is 13.4. The quantitative estimate of drug-likeness (QED) is 0.368. The van der Waals surface area contributed by atoms with Crippen LogP contribution in [0.5, 0.6) is 0 Å². The first-order chi connectivity index (χ1) is 11.0. The van der Waals surface area contributed by atoms with E-state index in [1.165, 1.54) is 24.8 Å². The minimum absolute atomic E-state index is 0.158. The van der Waals surface area contributed by atoms with Crippen molar-refractivity contribution in [1.29, 1.82) is 0 Å². The number of allylic oxidation sites excluding steroid dienone is 5. The maximum Gasteiger partial charge on any atom is 0.131 e. The highest BCUT2D eigenvalue weighted by atomic mass is 19.1. The fourth-order valence-electron chi connectivity index (χ4n) is 3.00. The maximum atomic E-state index is 14.6. The molecular formula is C22H27F. The molecule has 0 radical (unpaired) electrons. The Balaban J connectivity index is 2.35. The molecule has 1 unspecified atom stereocenters. The normalized spacial score (nSPS) is 17.0. The Labute approximate surface area is 140 Å². The molecule has 1 atom stereocenters. The lowest BCUT2D eigenvalue weighted by Gasteiger charge is -2.27. The molecule has 0 nitrogen and oxygen atoms in total. The van der Waals surface area contributed by atoms with E-state index in [-0.39, 0.29) is 5.82 Å². The molecule has 2 rings (SSSR count). The second-order valence-corrected chi connectivity index (χ2v) is 6.51. The van der Waals surface area contributed by atoms with Crippen LogP contribution in [-0.2, 0) is 6.42 Å². The first-order valence-electron chi connectivity index (χ1n) is 8.53. The van der Waals surface area contributed by atoms with Gasteiger partial charge >= 0.3 is 0 Å². The van der Waals surface area contributed by atoms with Crippen molar-refractivity contribution in [1.82, 2.24) is 0 Å². The zero-order valence-corrected chi connectivity index (χ0v) is 14.4. The van der Waals surface area contributed by atoms with Gasteiger partial charge in [0.1, 0.15) is 5.82 Å². The molecule has 0 aromatic heterocycles. The van der Waals surface area contributed by atoms with Gasteiger partial charge in [-0.25, -0.2) is 4.39 Å². The van der Waals surface area contributed by atoms with Crippen molar-refractivity contribution in [2.24, 2.45) is 5.92 Å². The van der Waals surface area contributed by atoms with Crippen molar-refractivity contribution < 1.29 is 4.39 Å². The van der Waals surface area contributed by atoms with Crippen LogP contribution in [0.2, 0.25) is 0 Å². The average Bonchev–Trinajstić information content (AvgIpc) is 2.44. The van der Waals surface area contributed by atoms with E-state index in [0.29, 0.717) is 17.9 Å². The summed E-state index contributed by atoms with van der Waals surface area (Å²) in [5, 5.41) is 0. The van der Waals surface area contributed by atoms with Gasteiger partial charge in [0.15, 0.2) is 0 Å². The van der Waals surface area contributed by atoms with Crippen LogP contribution in [-0.4, -0.2) is 0 Å². The SMILES string of the molecule is C=CCc1cc(F)c(/C=C/C(=C)C)c(C2=CC(CCCC)C2)c1. The lowest BCUT2D eigenvalue weighted by molar-refractivity contribution is 0.537. The summed E-state index contributed by atoms with van der Waals surface area (Å²) < 4.78 is 14.6. The van der Waals surface area contributed by atoms with E-state index in [1.807, 2.05) is 25.2 Å². The zero-order chi connectivity index (χ0) is 16.8. The predicted molar refractivity (Wildman–Crippen MR) is 99.8 cm³/mol. The lowest BCUT2D eigenvalue weighted by atomic mass is 9.78. The number of benzene rings is 1. The van der Waals surface area contributed by atoms with E-state index in [1.54, 1.807) is 6.07 Å². The number of hydrogen-bond donors (Lipinski definition) is 0. The molecule has 0 aliphatic heterocycles. The Bertz CT molecular complexity index is 646. The summed E-state index contributed by atoms with van der Waals surface area (Å²) in [4.78, 5) is 0. The fraction of sp³-hybridized carbons (Fsp3) is 0.364. The highest BCUT2D eigenvalue weighted by molar-refractivity contribution is 5.79. The van der Waals surface area contributed by atoms with E-state index in [0.717, 1.165) is 23.1 Å². The lowest BCUT2D eigenvalue weighted by Crippen LogP contribution is -2.11. The standard InChI is InChI=1S/C22H27F/c1-5-7-9-18-12-19(13-18)21-14-17(8-6-2)15-22(23)20(21)11-10-16(3)4/h6,10-12,14-15,18H,2-3,5,7-9,13H2,1,4H3/b11-10+. The molecule has 1 aliphatic carbocycles. The molecule has 0 saturated carbocycles. The Hall–Kier alpha value is -1.89. The van der Waals surface area contributed by atoms with Gasteiger partial charge < -0.3 is 0 Å². The van der Waals surface area contributed by atoms with Crippen LogP contribution in [0.4, 0.5) is 4.39 Å². The molecule has 23 heavy (non-hydrogen) atoms. The van der Waals surface area contributed by atoms with Crippen molar-refractivity contribution in [2.45, 2.75) is 46.0 Å². The van der Waals surface area contributed by atoms with Gasteiger partial charge in [-0.15, -0.1) is 6.58 Å². The smallest absolute Gasteiger partial charge is 0.131 e. The molecular weight excluding hydrogens is 283 g/mol. The van der Waals surface area contributed by atoms with Crippen LogP contribution >= 0.6 is 0 Å². The summed E-state index contributed by atoms with van der Waals surface area (Å²) in [7, 11) is 0. The Morgan fingerprint density at radius 1 is 1.39 bits per heavy atom. The van der Waals surface area contributed by atoms with Gasteiger partial charge in [-0.05, 0) is 54.9 Å². The Morgan fingerprint density at radius 3 is 2.74 bits per heavy atom. The monoisotopic (exact) mass is 310 g/mol. The topological polar surface area (TPSA) is 0 Å². The molecule has 122 valence electrons. The number of hydrogen-bond acceptors (Lipinski definition) is 0. The summed E-state index contributed by atoms with van der Waals surface area (Å²) in [5.41, 5.74) is 4.90. The number of halogens is 1. The summed E-state index contributed by atoms with van der Waals surface area (Å²) in [6, 6.07) is 3.74. The third kappa shape index (κ3) is 4.54. The second kappa shape index (κ2) is 8.10. The minimum Gasteiger partial charge on any atom is -0.206 e. The van der Waals surface area contributed by atoms with Crippen molar-refractivity contribution in [3.8, 4) is 0 Å². The van der Waals surface area contributed by atoms with Crippen LogP contribution in [0.25, 0.3) is 11.6 Å². The predicted octanol–water partition coefficient (Wildman–Crippen LogP) is 6.74. The zero-order valence-electron chi connectivity index (χ0n) is 14.4. The van der Waals surface area contributed by atoms with Gasteiger partial charge in [0.25, 0.3) is 0 Å². The molecule has 1 aliphatic rings. The third-order valence-electron chi connectivity index (χ3n) is 4.30. The van der Waals surface area contributed by atoms with Gasteiger partial charge in [0.2, 0.25) is 0 Å². The molecule has 1 aromatic carbocycles. The highest BCUT2D eigenvalue weighted by Crippen LogP contribution is 2.39. The molecule has 0 amide bonds. The van der Waals surface area contributed by atoms with E-state index in [2.05, 4.69) is 32.2 Å². The Kier molecular flexibility index (Phi) is 6.15. The summed E-state index contributed by atoms with van der Waals surface area (Å²) >= 11 is 0. The Morgan fingerprint density at radius 2 is 2.13 bits per heavy atom. The summed E-state index contributed by atoms with van der Waals surface area (Å²) in [6.45, 7) is 11.8. The molecule has 1 aromatic rings. The third-order valence-corrected chi connectivity index (χ3v) is 4.30. The average molecular weight is 310 g/mol. The van der Waals surface area contributed by atoms with Crippen molar-refractivity contribution >= 4 is 11.6 Å². The minimum atomic E-state index is -0.158. The summed E-state index contributed by atoms with van der Waals surface area (Å²) in [5.74, 6) is 0.504. The van der Waals surface area contributed by atoms with Gasteiger partial charge in [-0.3, -0.25) is 0 Å². The maximum absolute atomic E-state index is 14.6. The van der Waals surface area contributed by atoms with E-state index < -0.39 is 0 Å². The largest absolute Gasteiger partial charge is 0.206 e. The first-order valence-corrected chi connectivity index (χ1v) is 8.53. The van der Waals surface area contributed by atoms with Crippen LogP contribution in [0.15, 0.2) is 49.1 Å². The molecule has 0 heterocycles. The van der Waals surface area contributed by atoms with Crippen LogP contribution in [0.3, 0.4) is 0 Å². The second-order valence-electron chi connectivity index (χ2n) is 6.51. The van der Waals surface area contributed by atoms with Gasteiger partial charge in [0.05, 0.1) is 0 Å². The van der Waals surface area contributed by atoms with Crippen molar-refractivity contribution in [3.05, 3.63) is 71.6 Å². The number of rotatable bonds is 8. The van der Waals surface area contributed by atoms with E-state index in [9.17, 15) is 4.39 Å². The van der Waals surface area contributed by atoms with Gasteiger partial charge in [-0.2, -0.15) is 0 Å². The van der Waals surface area contributed by atoms with Crippen molar-refractivity contribution in [3.63, 3.8) is 0 Å². The van der Waals surface area contributed by atoms with E-state index >= 15 is 0 Å². The van der Waals surface area contributed by atoms with Crippen molar-refractivity contribution in [2.75, 3.05) is 0 Å². The highest BCUT2D eigenvalue weighted by Gasteiger charge is 2.22. The van der Waals surface area contributed by atoms with Crippen LogP contribution < -0.4 is 0 Å². The molecule has 0 bridgehead atoms. The van der Waals surface area contributed by atoms with Gasteiger partial charge in [-0.1, -0.05) is 62.3 Å². The molecule has 0 N–H and O–H groups in total. The van der Waals surface area contributed by atoms with Gasteiger partial charge in [0, 0.05) is 5.56 Å². The van der Waals surface area contributed by atoms with Crippen LogP contribution in [0, 0.1) is 11.7 Å². The van der Waals surface area contributed by atoms with E-state index in [4.69, 9.17) is 0 Å². The molecule has 1 heteroatoms. The van der Waals surface area contributed by atoms with Crippen LogP contribution in [0.1, 0.15) is 56.2 Å². The fourth-order valence-corrected chi connectivity index (χ4v) is 3.00. The number of unbranched alkanes of at least 4 members (excludes halogenated alkanes) is 1. The molecule has 0 saturated heterocycles. The molecule has 0 fully saturated rings.